The van der Waals surface area contributed by atoms with E-state index in [1.165, 1.54) is 0 Å². The largest absolute Gasteiger partial charge is 0.462 e. The Morgan fingerprint density at radius 1 is 0.392 bits per heavy atom. The SMILES string of the molecule is C=C(C)C(=O)OCCCC[Si]1(C)O[Si](C)(CCCCOC(=O)C(=C)C)O[Si](C)(CCCOC(=O)C(=C)C)O[Si](C)(CCCCOC(=O)C(=C)C)O1. The van der Waals surface area contributed by atoms with Crippen molar-refractivity contribution in [1.82, 2.24) is 0 Å². The molecule has 1 fully saturated rings. The molecule has 16 heteroatoms. The molecule has 51 heavy (non-hydrogen) atoms. The number of carbonyl (C=O) groups excluding carboxylic acids is 4. The number of carbonyl (C=O) groups is 4. The monoisotopic (exact) mass is 786 g/mol. The molecule has 290 valence electrons. The predicted octanol–water partition coefficient (Wildman–Crippen LogP) is 7.56. The van der Waals surface area contributed by atoms with E-state index in [9.17, 15) is 19.2 Å². The summed E-state index contributed by atoms with van der Waals surface area (Å²) < 4.78 is 49.9. The van der Waals surface area contributed by atoms with Crippen molar-refractivity contribution in [1.29, 1.82) is 0 Å². The van der Waals surface area contributed by atoms with E-state index in [0.717, 1.165) is 0 Å². The van der Waals surface area contributed by atoms with Crippen LogP contribution in [0.25, 0.3) is 0 Å². The lowest BCUT2D eigenvalue weighted by Gasteiger charge is -2.50. The van der Waals surface area contributed by atoms with Gasteiger partial charge in [-0.1, -0.05) is 26.3 Å². The molecule has 0 bridgehead atoms. The second kappa shape index (κ2) is 21.9. The van der Waals surface area contributed by atoms with Crippen LogP contribution in [0.15, 0.2) is 48.6 Å². The van der Waals surface area contributed by atoms with Gasteiger partial charge in [-0.15, -0.1) is 0 Å². The normalized spacial score (nSPS) is 24.7. The van der Waals surface area contributed by atoms with E-state index >= 15 is 0 Å². The van der Waals surface area contributed by atoms with Gasteiger partial charge in [-0.05, 0) is 123 Å². The van der Waals surface area contributed by atoms with Crippen LogP contribution in [0.4, 0.5) is 0 Å². The summed E-state index contributed by atoms with van der Waals surface area (Å²) in [4.78, 5) is 47.8. The zero-order chi connectivity index (χ0) is 38.9. The molecule has 1 aliphatic heterocycles. The third-order valence-electron chi connectivity index (χ3n) is 7.90. The summed E-state index contributed by atoms with van der Waals surface area (Å²) in [5.41, 5.74) is 1.39. The molecule has 0 aromatic carbocycles. The lowest BCUT2D eigenvalue weighted by atomic mass is 10.3. The summed E-state index contributed by atoms with van der Waals surface area (Å²) in [5, 5.41) is 0. The Hall–Kier alpha value is -2.45. The maximum atomic E-state index is 12.0. The van der Waals surface area contributed by atoms with Gasteiger partial charge < -0.3 is 35.4 Å². The van der Waals surface area contributed by atoms with E-state index in [1.807, 2.05) is 19.6 Å². The number of esters is 4. The molecular formula is C35H62O12Si4. The van der Waals surface area contributed by atoms with Gasteiger partial charge in [-0.25, -0.2) is 19.2 Å². The van der Waals surface area contributed by atoms with Crippen LogP contribution in [0.2, 0.25) is 50.4 Å². The fourth-order valence-electron chi connectivity index (χ4n) is 5.51. The maximum Gasteiger partial charge on any atom is 0.333 e. The summed E-state index contributed by atoms with van der Waals surface area (Å²) in [7, 11) is -11.9. The van der Waals surface area contributed by atoms with Crippen LogP contribution in [0.3, 0.4) is 0 Å². The first-order chi connectivity index (χ1) is 23.6. The second-order valence-corrected chi connectivity index (χ2v) is 28.4. The Kier molecular flexibility index (Phi) is 20.0. The molecule has 12 nitrogen and oxygen atoms in total. The Morgan fingerprint density at radius 3 is 0.804 bits per heavy atom. The third-order valence-corrected chi connectivity index (χ3v) is 26.8. The van der Waals surface area contributed by atoms with Crippen molar-refractivity contribution in [2.45, 2.75) is 123 Å². The Balaban J connectivity index is 3.28. The van der Waals surface area contributed by atoms with Crippen molar-refractivity contribution in [3.05, 3.63) is 48.6 Å². The average molecular weight is 787 g/mol. The van der Waals surface area contributed by atoms with Gasteiger partial charge in [0.15, 0.2) is 0 Å². The first kappa shape index (κ1) is 46.6. The van der Waals surface area contributed by atoms with Gasteiger partial charge in [-0.2, -0.15) is 0 Å². The molecule has 1 saturated heterocycles. The predicted molar refractivity (Wildman–Crippen MR) is 205 cm³/mol. The molecule has 2 unspecified atom stereocenters. The highest BCUT2D eigenvalue weighted by atomic mass is 28.5. The molecule has 0 amide bonds. The Bertz CT molecular complexity index is 1220. The molecule has 1 rings (SSSR count). The van der Waals surface area contributed by atoms with Gasteiger partial charge in [0.25, 0.3) is 0 Å². The molecular weight excluding hydrogens is 725 g/mol. The van der Waals surface area contributed by atoms with Crippen molar-refractivity contribution in [2.75, 3.05) is 26.4 Å². The highest BCUT2D eigenvalue weighted by molar-refractivity contribution is 6.93. The van der Waals surface area contributed by atoms with Crippen LogP contribution in [-0.4, -0.2) is 84.5 Å². The van der Waals surface area contributed by atoms with E-state index in [2.05, 4.69) is 32.9 Å². The minimum atomic E-state index is -3.00. The van der Waals surface area contributed by atoms with Gasteiger partial charge in [0.05, 0.1) is 26.4 Å². The van der Waals surface area contributed by atoms with Crippen LogP contribution in [-0.2, 0) is 54.6 Å². The summed E-state index contributed by atoms with van der Waals surface area (Å²) in [5.74, 6) is -1.70. The molecule has 0 aromatic heterocycles. The van der Waals surface area contributed by atoms with Crippen LogP contribution in [0, 0.1) is 0 Å². The molecule has 0 aliphatic carbocycles. The van der Waals surface area contributed by atoms with E-state index in [0.29, 0.717) is 91.4 Å². The number of unbranched alkanes of at least 4 members (excludes halogenated alkanes) is 3. The van der Waals surface area contributed by atoms with E-state index in [-0.39, 0.29) is 26.4 Å². The first-order valence-electron chi connectivity index (χ1n) is 17.7. The fraction of sp³-hybridized carbons (Fsp3) is 0.657. The highest BCUT2D eigenvalue weighted by Crippen LogP contribution is 2.39. The fourth-order valence-corrected chi connectivity index (χ4v) is 29.0. The Morgan fingerprint density at radius 2 is 0.588 bits per heavy atom. The molecule has 1 heterocycles. The summed E-state index contributed by atoms with van der Waals surface area (Å²) in [6, 6.07) is 2.44. The van der Waals surface area contributed by atoms with Crippen LogP contribution >= 0.6 is 0 Å². The first-order valence-corrected chi connectivity index (χ1v) is 27.8. The summed E-state index contributed by atoms with van der Waals surface area (Å²) in [6.07, 6.45) is 4.52. The average Bonchev–Trinajstić information content (AvgIpc) is 3.00. The van der Waals surface area contributed by atoms with Gasteiger partial charge in [-0.3, -0.25) is 0 Å². The Labute approximate surface area is 309 Å². The highest BCUT2D eigenvalue weighted by Gasteiger charge is 2.56. The lowest BCUT2D eigenvalue weighted by molar-refractivity contribution is -0.139. The molecule has 0 saturated carbocycles. The number of hydrogen-bond donors (Lipinski definition) is 0. The van der Waals surface area contributed by atoms with Crippen molar-refractivity contribution >= 4 is 58.1 Å². The molecule has 2 atom stereocenters. The van der Waals surface area contributed by atoms with Gasteiger partial charge >= 0.3 is 58.1 Å². The smallest absolute Gasteiger partial charge is 0.333 e. The molecule has 1 aliphatic rings. The zero-order valence-electron chi connectivity index (χ0n) is 32.3. The van der Waals surface area contributed by atoms with Crippen LogP contribution in [0.1, 0.15) is 72.6 Å². The van der Waals surface area contributed by atoms with Crippen LogP contribution < -0.4 is 0 Å². The minimum Gasteiger partial charge on any atom is -0.462 e. The van der Waals surface area contributed by atoms with Crippen molar-refractivity contribution in [3.8, 4) is 0 Å². The second-order valence-electron chi connectivity index (χ2n) is 14.1. The quantitative estimate of drug-likeness (QED) is 0.0332. The van der Waals surface area contributed by atoms with Crippen LogP contribution in [0.5, 0.6) is 0 Å². The molecule has 0 aromatic rings. The van der Waals surface area contributed by atoms with E-state index in [4.69, 9.17) is 35.4 Å². The van der Waals surface area contributed by atoms with E-state index < -0.39 is 58.1 Å². The number of rotatable bonds is 23. The lowest BCUT2D eigenvalue weighted by Crippen LogP contribution is -2.67. The van der Waals surface area contributed by atoms with Gasteiger partial charge in [0, 0.05) is 22.3 Å². The van der Waals surface area contributed by atoms with E-state index in [1.54, 1.807) is 27.7 Å². The van der Waals surface area contributed by atoms with Gasteiger partial charge in [0.1, 0.15) is 0 Å². The molecule has 0 N–H and O–H groups in total. The van der Waals surface area contributed by atoms with Gasteiger partial charge in [0.2, 0.25) is 0 Å². The third kappa shape index (κ3) is 18.7. The standard InChI is InChI=1S/C35H62O12Si4/c1-28(2)32(36)40-20-13-16-24-48(9)44-49(10,25-17-14-21-41-33(37)29(3)4)46-51(12,27-19-23-43-35(39)31(7)8)47-50(11,45-48)26-18-15-22-42-34(38)30(5)6/h1,3,5,7,13-27H2,2,4,6,8-12H3. The minimum absolute atomic E-state index is 0.198. The number of ether oxygens (including phenoxy) is 4. The molecule has 0 radical (unpaired) electrons. The summed E-state index contributed by atoms with van der Waals surface area (Å²) in [6.45, 7) is 30.2. The molecule has 0 spiro atoms. The zero-order valence-corrected chi connectivity index (χ0v) is 36.3. The topological polar surface area (TPSA) is 142 Å². The van der Waals surface area contributed by atoms with Crippen molar-refractivity contribution in [3.63, 3.8) is 0 Å². The number of hydrogen-bond acceptors (Lipinski definition) is 12. The summed E-state index contributed by atoms with van der Waals surface area (Å²) >= 11 is 0. The van der Waals surface area contributed by atoms with Crippen molar-refractivity contribution in [2.24, 2.45) is 0 Å². The van der Waals surface area contributed by atoms with Crippen molar-refractivity contribution < 1.29 is 54.6 Å². The maximum absolute atomic E-state index is 12.0.